The molecule has 9 atom stereocenters. The Bertz CT molecular complexity index is 4230. The van der Waals surface area contributed by atoms with Crippen molar-refractivity contribution in [2.45, 2.75) is 196 Å². The molecule has 35 heteroatoms. The van der Waals surface area contributed by atoms with Gasteiger partial charge in [-0.15, -0.1) is 0 Å². The van der Waals surface area contributed by atoms with E-state index in [1.54, 1.807) is 161 Å². The van der Waals surface area contributed by atoms with Crippen LogP contribution in [0, 0.1) is 12.3 Å². The highest BCUT2D eigenvalue weighted by Crippen LogP contribution is 2.26. The van der Waals surface area contributed by atoms with E-state index in [1.165, 1.54) is 24.0 Å². The summed E-state index contributed by atoms with van der Waals surface area (Å²) < 4.78 is 57.8. The number of esters is 2. The Labute approximate surface area is 676 Å². The predicted molar refractivity (Wildman–Crippen MR) is 428 cm³/mol. The minimum Gasteiger partial charge on any atom is -0.462 e. The van der Waals surface area contributed by atoms with Crippen LogP contribution in [-0.2, 0) is 113 Å². The highest BCUT2D eigenvalue weighted by Gasteiger charge is 2.41. The molecule has 1 aliphatic carbocycles. The summed E-state index contributed by atoms with van der Waals surface area (Å²) in [6, 6.07) is 27.0. The largest absolute Gasteiger partial charge is 0.462 e. The van der Waals surface area contributed by atoms with Gasteiger partial charge in [-0.25, -0.2) is 22.7 Å². The van der Waals surface area contributed by atoms with Crippen molar-refractivity contribution in [1.29, 1.82) is 5.41 Å². The maximum Gasteiger partial charge on any atom is 0.408 e. The van der Waals surface area contributed by atoms with Crippen LogP contribution in [0.1, 0.15) is 120 Å². The van der Waals surface area contributed by atoms with Crippen LogP contribution in [0.2, 0.25) is 0 Å². The van der Waals surface area contributed by atoms with E-state index in [4.69, 9.17) is 29.1 Å². The van der Waals surface area contributed by atoms with Gasteiger partial charge in [0.05, 0.1) is 44.3 Å². The molecule has 8 rings (SSSR count). The molecule has 32 nitrogen and oxygen atoms in total. The lowest BCUT2D eigenvalue weighted by Crippen LogP contribution is -2.60. The summed E-state index contributed by atoms with van der Waals surface area (Å²) in [5, 5.41) is 34.7. The lowest BCUT2D eigenvalue weighted by Gasteiger charge is -2.30. The van der Waals surface area contributed by atoms with Crippen LogP contribution in [0.25, 0.3) is 0 Å². The number of carbonyl (C=O) groups excluding carboxylic acids is 12. The molecule has 12 N–H and O–H groups in total. The second-order valence-electron chi connectivity index (χ2n) is 28.9. The molecular formula is C80H103N13O19S3. The van der Waals surface area contributed by atoms with Crippen molar-refractivity contribution in [1.82, 2.24) is 62.8 Å². The number of sulfonamides is 1. The first-order valence-electron chi connectivity index (χ1n) is 38.1. The van der Waals surface area contributed by atoms with Crippen molar-refractivity contribution < 1.29 is 89.6 Å². The van der Waals surface area contributed by atoms with Crippen molar-refractivity contribution in [2.75, 3.05) is 44.4 Å². The van der Waals surface area contributed by atoms with E-state index in [0.29, 0.717) is 41.5 Å². The zero-order chi connectivity index (χ0) is 82.9. The lowest BCUT2D eigenvalue weighted by molar-refractivity contribution is -0.153. The molecule has 3 fully saturated rings. The quantitative estimate of drug-likeness (QED) is 0.0109. The number of fused-ring (bicyclic) bond motifs is 1. The summed E-state index contributed by atoms with van der Waals surface area (Å²) >= 11 is 0. The van der Waals surface area contributed by atoms with E-state index in [9.17, 15) is 61.2 Å². The number of nitrogens with zero attached hydrogens (tertiary/aromatic N) is 1. The fraction of sp³-hybridized carbons (Fsp3) is 0.463. The number of guanidine groups is 1. The summed E-state index contributed by atoms with van der Waals surface area (Å²) in [6.45, 7) is 5.40. The van der Waals surface area contributed by atoms with Crippen molar-refractivity contribution in [3.05, 3.63) is 173 Å². The first-order chi connectivity index (χ1) is 55.1. The number of carbonyl (C=O) groups is 12. The number of aryl methyl sites for hydroxylation is 1. The molecule has 5 aromatic carbocycles. The topological polar surface area (TPSA) is 445 Å². The number of ether oxygens (including phenoxy) is 5. The number of amides is 10. The number of hydrogen-bond acceptors (Lipinski definition) is 22. The number of benzene rings is 5. The summed E-state index contributed by atoms with van der Waals surface area (Å²) in [4.78, 5) is 176. The standard InChI is InChI=1S/C80H103N13O19S3/c1-51-35-37-58(38-36-51)115(106,107)92-78(81)82-39-21-33-59-70(97)83-43-67(94)85-60(42-68(95)111-57-31-19-10-20-32-57)71(98)87-61(41-53-23-11-6-12-24-53)76(103)93-40-22-34-66(93)75(102)84-52(2)69(96)88-62(47-108-44-54-25-13-7-14-26-54)72(99)89-63(48-109-45-55-27-15-8-16-28-55)73(100)90-65(77(104)110-46-56-29-17-9-18-30-56)50-114-113-49-64(74(101)86-59)91-79(105)112-80(3,4)5/h6-9,11-18,23-30,35-38,52,57,59-66H,10,19-22,31-34,39-50H2,1-5H3,(H,83,97)(H,84,102)(H,85,94)(H,86,101)(H,87,98)(H,88,96)(H,89,99)(H,90,100)(H,91,105)(H3,81,82,92)/t52-,59-,60?,61+,62-,63?,64-,65-,66-/m0/s1. The minimum absolute atomic E-state index is 0.00308. The van der Waals surface area contributed by atoms with E-state index in [0.717, 1.165) is 46.4 Å². The fourth-order valence-electron chi connectivity index (χ4n) is 12.3. The first-order valence-corrected chi connectivity index (χ1v) is 42.1. The molecular weight excluding hydrogens is 1540 g/mol. The Morgan fingerprint density at radius 3 is 1.71 bits per heavy atom. The number of rotatable bonds is 23. The Balaban J connectivity index is 1.14. The predicted octanol–water partition coefficient (Wildman–Crippen LogP) is 4.07. The molecule has 0 aromatic heterocycles. The third-order valence-electron chi connectivity index (χ3n) is 18.4. The molecule has 2 heterocycles. The maximum absolute atomic E-state index is 15.2. The lowest BCUT2D eigenvalue weighted by atomic mass is 9.98. The second kappa shape index (κ2) is 45.5. The summed E-state index contributed by atoms with van der Waals surface area (Å²) in [5.41, 5.74) is 2.22. The van der Waals surface area contributed by atoms with Gasteiger partial charge >= 0.3 is 18.0 Å². The van der Waals surface area contributed by atoms with E-state index >= 15 is 4.79 Å². The molecule has 620 valence electrons. The van der Waals surface area contributed by atoms with E-state index in [-0.39, 0.29) is 75.0 Å². The van der Waals surface area contributed by atoms with Crippen molar-refractivity contribution in [3.8, 4) is 0 Å². The van der Waals surface area contributed by atoms with Gasteiger partial charge in [0.2, 0.25) is 59.1 Å². The smallest absolute Gasteiger partial charge is 0.408 e. The molecule has 2 saturated heterocycles. The Morgan fingerprint density at radius 1 is 0.574 bits per heavy atom. The van der Waals surface area contributed by atoms with Gasteiger partial charge in [-0.2, -0.15) is 0 Å². The second-order valence-corrected chi connectivity index (χ2v) is 33.2. The van der Waals surface area contributed by atoms with Gasteiger partial charge < -0.3 is 81.8 Å². The van der Waals surface area contributed by atoms with Crippen molar-refractivity contribution in [2.24, 2.45) is 0 Å². The van der Waals surface area contributed by atoms with E-state index in [2.05, 4.69) is 57.9 Å². The van der Waals surface area contributed by atoms with Gasteiger partial charge in [0.15, 0.2) is 0 Å². The van der Waals surface area contributed by atoms with Crippen LogP contribution in [0.3, 0.4) is 0 Å². The zero-order valence-electron chi connectivity index (χ0n) is 64.9. The molecule has 3 aliphatic rings. The maximum atomic E-state index is 15.2. The molecule has 0 radical (unpaired) electrons. The molecule has 10 amide bonds. The van der Waals surface area contributed by atoms with Crippen LogP contribution in [0.4, 0.5) is 4.79 Å². The molecule has 1 saturated carbocycles. The molecule has 5 aromatic rings. The highest BCUT2D eigenvalue weighted by atomic mass is 33.1. The van der Waals surface area contributed by atoms with E-state index < -0.39 is 179 Å². The molecule has 2 aliphatic heterocycles. The van der Waals surface area contributed by atoms with Gasteiger partial charge in [-0.05, 0) is 120 Å². The zero-order valence-corrected chi connectivity index (χ0v) is 67.4. The molecule has 2 unspecified atom stereocenters. The van der Waals surface area contributed by atoms with Crippen LogP contribution >= 0.6 is 21.6 Å². The Kier molecular flexibility index (Phi) is 35.6. The number of nitrogens with one attached hydrogen (secondary N) is 12. The summed E-state index contributed by atoms with van der Waals surface area (Å²) in [7, 11) is -2.38. The SMILES string of the molecule is Cc1ccc(S(=O)(=O)NC(=N)NCCC[C@@H]2NC(=O)[C@@H](NC(=O)OC(C)(C)C)CSSC[C@@H](C(=O)OCc3ccccc3)NC(=O)C(COCc3ccccc3)NC(=O)[C@H](COCc3ccccc3)NC(=O)[C@H](C)NC(=O)[C@@H]3CCCN3C(=O)[C@@H](Cc3ccccc3)NC(=O)C(CC(=O)OC3CCCCC3)NC(=O)CNC2=O)cc1. The van der Waals surface area contributed by atoms with Gasteiger partial charge in [-0.3, -0.25) is 53.4 Å². The average molecular weight is 1650 g/mol. The van der Waals surface area contributed by atoms with Gasteiger partial charge in [0.25, 0.3) is 10.0 Å². The number of alkyl carbamates (subject to hydrolysis) is 1. The van der Waals surface area contributed by atoms with Crippen LogP contribution in [0.15, 0.2) is 150 Å². The Hall–Kier alpha value is -10.6. The average Bonchev–Trinajstić information content (AvgIpc) is 1.72. The third-order valence-corrected chi connectivity index (χ3v) is 22.2. The highest BCUT2D eigenvalue weighted by molar-refractivity contribution is 8.76. The normalized spacial score (nSPS) is 22.0. The van der Waals surface area contributed by atoms with Gasteiger partial charge in [0, 0.05) is 31.0 Å². The van der Waals surface area contributed by atoms with Crippen molar-refractivity contribution in [3.63, 3.8) is 0 Å². The molecule has 115 heavy (non-hydrogen) atoms. The van der Waals surface area contributed by atoms with E-state index in [1.807, 2.05) is 0 Å². The monoisotopic (exact) mass is 1650 g/mol. The molecule has 0 bridgehead atoms. The number of hydrogen-bond donors (Lipinski definition) is 12. The van der Waals surface area contributed by atoms with Crippen molar-refractivity contribution >= 4 is 109 Å². The fourth-order valence-corrected chi connectivity index (χ4v) is 15.6. The van der Waals surface area contributed by atoms with Crippen LogP contribution in [0.5, 0.6) is 0 Å². The minimum atomic E-state index is -4.24. The Morgan fingerprint density at radius 2 is 1.11 bits per heavy atom. The summed E-state index contributed by atoms with van der Waals surface area (Å²) in [6.07, 6.45) is 1.08. The van der Waals surface area contributed by atoms with Crippen LogP contribution in [-0.4, -0.2) is 201 Å². The summed E-state index contributed by atoms with van der Waals surface area (Å²) in [5.74, 6) is -11.5. The molecule has 0 spiro atoms. The first kappa shape index (κ1) is 89.9. The van der Waals surface area contributed by atoms with Crippen LogP contribution < -0.4 is 57.9 Å². The van der Waals surface area contributed by atoms with Gasteiger partial charge in [0.1, 0.15) is 72.7 Å². The van der Waals surface area contributed by atoms with Gasteiger partial charge in [-0.1, -0.05) is 167 Å². The third kappa shape index (κ3) is 30.9.